The lowest BCUT2D eigenvalue weighted by molar-refractivity contribution is -0.121. The van der Waals surface area contributed by atoms with Crippen molar-refractivity contribution < 1.29 is 4.79 Å². The molecule has 1 fully saturated rings. The first kappa shape index (κ1) is 13.5. The summed E-state index contributed by atoms with van der Waals surface area (Å²) in [5, 5.41) is 2.96. The third-order valence-electron chi connectivity index (χ3n) is 3.58. The number of pyridine rings is 1. The van der Waals surface area contributed by atoms with Crippen LogP contribution < -0.4 is 11.1 Å². The number of aromatic nitrogens is 1. The van der Waals surface area contributed by atoms with E-state index in [0.717, 1.165) is 42.4 Å². The molecule has 1 aliphatic rings. The summed E-state index contributed by atoms with van der Waals surface area (Å²) >= 11 is 3.38. The highest BCUT2D eigenvalue weighted by molar-refractivity contribution is 9.10. The van der Waals surface area contributed by atoms with Crippen LogP contribution in [0.15, 0.2) is 22.9 Å². The Hall–Kier alpha value is -0.940. The molecule has 4 nitrogen and oxygen atoms in total. The van der Waals surface area contributed by atoms with Crippen molar-refractivity contribution in [2.75, 3.05) is 11.9 Å². The quantitative estimate of drug-likeness (QED) is 0.901. The van der Waals surface area contributed by atoms with Gasteiger partial charge in [0.25, 0.3) is 0 Å². The summed E-state index contributed by atoms with van der Waals surface area (Å²) in [4.78, 5) is 16.1. The number of carbonyl (C=O) groups excluding carboxylic acids is 1. The topological polar surface area (TPSA) is 68.0 Å². The number of nitrogens with zero attached hydrogens (tertiary/aromatic N) is 1. The third-order valence-corrected chi connectivity index (χ3v) is 4.21. The second-order valence-corrected chi connectivity index (χ2v) is 5.65. The van der Waals surface area contributed by atoms with E-state index in [4.69, 9.17) is 5.73 Å². The Labute approximate surface area is 115 Å². The Kier molecular flexibility index (Phi) is 4.72. The van der Waals surface area contributed by atoms with E-state index < -0.39 is 0 Å². The molecule has 0 unspecified atom stereocenters. The van der Waals surface area contributed by atoms with Gasteiger partial charge < -0.3 is 11.1 Å². The number of carbonyl (C=O) groups is 1. The number of hydrogen-bond acceptors (Lipinski definition) is 3. The summed E-state index contributed by atoms with van der Waals surface area (Å²) in [6, 6.07) is 1.80. The average molecular weight is 312 g/mol. The van der Waals surface area contributed by atoms with Crippen molar-refractivity contribution in [1.82, 2.24) is 4.98 Å². The average Bonchev–Trinajstić information content (AvgIpc) is 2.41. The van der Waals surface area contributed by atoms with Gasteiger partial charge in [-0.05, 0) is 60.1 Å². The largest absolute Gasteiger partial charge is 0.330 e. The summed E-state index contributed by atoms with van der Waals surface area (Å²) in [7, 11) is 0. The first-order valence-corrected chi connectivity index (χ1v) is 7.10. The molecule has 0 atom stereocenters. The number of hydrogen-bond donors (Lipinski definition) is 2. The van der Waals surface area contributed by atoms with Crippen molar-refractivity contribution in [2.45, 2.75) is 25.7 Å². The minimum absolute atomic E-state index is 0.109. The molecule has 0 bridgehead atoms. The van der Waals surface area contributed by atoms with Gasteiger partial charge in [0.1, 0.15) is 0 Å². The van der Waals surface area contributed by atoms with Crippen molar-refractivity contribution >= 4 is 27.5 Å². The molecule has 0 saturated heterocycles. The molecular formula is C13H18BrN3O. The van der Waals surface area contributed by atoms with Gasteiger partial charge in [0.15, 0.2) is 0 Å². The monoisotopic (exact) mass is 311 g/mol. The zero-order valence-electron chi connectivity index (χ0n) is 10.2. The molecule has 98 valence electrons. The van der Waals surface area contributed by atoms with Crippen LogP contribution in [0.1, 0.15) is 25.7 Å². The molecule has 1 heterocycles. The standard InChI is InChI=1S/C13H18BrN3O/c14-11-8-16-6-5-12(11)17-13(18)10-3-1-9(7-15)2-4-10/h5-6,8-10H,1-4,7,15H2,(H,16,17,18). The maximum absolute atomic E-state index is 12.1. The summed E-state index contributed by atoms with van der Waals surface area (Å²) in [6.07, 6.45) is 7.36. The molecule has 5 heteroatoms. The van der Waals surface area contributed by atoms with E-state index in [1.807, 2.05) is 0 Å². The second-order valence-electron chi connectivity index (χ2n) is 4.80. The molecule has 0 aliphatic heterocycles. The second kappa shape index (κ2) is 6.29. The SMILES string of the molecule is NCC1CCC(C(=O)Nc2ccncc2Br)CC1. The zero-order valence-corrected chi connectivity index (χ0v) is 11.8. The van der Waals surface area contributed by atoms with Gasteiger partial charge in [0.2, 0.25) is 5.91 Å². The van der Waals surface area contributed by atoms with Gasteiger partial charge in [0, 0.05) is 18.3 Å². The predicted octanol–water partition coefficient (Wildman–Crippen LogP) is 2.55. The maximum Gasteiger partial charge on any atom is 0.227 e. The van der Waals surface area contributed by atoms with Crippen LogP contribution in [-0.4, -0.2) is 17.4 Å². The smallest absolute Gasteiger partial charge is 0.227 e. The molecule has 1 amide bonds. The summed E-state index contributed by atoms with van der Waals surface area (Å²) in [5.74, 6) is 0.826. The molecule has 1 aliphatic carbocycles. The number of nitrogens with two attached hydrogens (primary N) is 1. The molecule has 0 aromatic carbocycles. The highest BCUT2D eigenvalue weighted by Gasteiger charge is 2.25. The van der Waals surface area contributed by atoms with E-state index in [1.165, 1.54) is 0 Å². The summed E-state index contributed by atoms with van der Waals surface area (Å²) in [5.41, 5.74) is 6.44. The van der Waals surface area contributed by atoms with E-state index in [1.54, 1.807) is 18.5 Å². The zero-order chi connectivity index (χ0) is 13.0. The van der Waals surface area contributed by atoms with E-state index >= 15 is 0 Å². The summed E-state index contributed by atoms with van der Waals surface area (Å²) < 4.78 is 0.814. The Morgan fingerprint density at radius 3 is 2.78 bits per heavy atom. The van der Waals surface area contributed by atoms with E-state index in [0.29, 0.717) is 5.92 Å². The lowest BCUT2D eigenvalue weighted by Gasteiger charge is -2.26. The molecule has 1 saturated carbocycles. The van der Waals surface area contributed by atoms with Gasteiger partial charge in [-0.1, -0.05) is 0 Å². The van der Waals surface area contributed by atoms with Gasteiger partial charge in [0.05, 0.1) is 10.2 Å². The van der Waals surface area contributed by atoms with Crippen LogP contribution in [-0.2, 0) is 4.79 Å². The van der Waals surface area contributed by atoms with Crippen LogP contribution in [0.5, 0.6) is 0 Å². The highest BCUT2D eigenvalue weighted by atomic mass is 79.9. The fourth-order valence-electron chi connectivity index (χ4n) is 2.37. The number of amides is 1. The first-order valence-electron chi connectivity index (χ1n) is 6.31. The van der Waals surface area contributed by atoms with Gasteiger partial charge in [-0.25, -0.2) is 0 Å². The molecule has 18 heavy (non-hydrogen) atoms. The number of rotatable bonds is 3. The van der Waals surface area contributed by atoms with Crippen LogP contribution in [0.2, 0.25) is 0 Å². The molecule has 1 aromatic rings. The van der Waals surface area contributed by atoms with Crippen molar-refractivity contribution in [2.24, 2.45) is 17.6 Å². The molecule has 3 N–H and O–H groups in total. The van der Waals surface area contributed by atoms with Crippen LogP contribution >= 0.6 is 15.9 Å². The van der Waals surface area contributed by atoms with Crippen molar-refractivity contribution in [3.05, 3.63) is 22.9 Å². The van der Waals surface area contributed by atoms with Gasteiger partial charge in [-0.15, -0.1) is 0 Å². The minimum atomic E-state index is 0.109. The maximum atomic E-state index is 12.1. The van der Waals surface area contributed by atoms with Crippen LogP contribution in [0, 0.1) is 11.8 Å². The van der Waals surface area contributed by atoms with Crippen LogP contribution in [0.25, 0.3) is 0 Å². The van der Waals surface area contributed by atoms with Gasteiger partial charge in [-0.2, -0.15) is 0 Å². The minimum Gasteiger partial charge on any atom is -0.330 e. The molecule has 0 radical (unpaired) electrons. The first-order chi connectivity index (χ1) is 8.70. The van der Waals surface area contributed by atoms with Crippen molar-refractivity contribution in [3.8, 4) is 0 Å². The lowest BCUT2D eigenvalue weighted by Crippen LogP contribution is -2.29. The molecule has 2 rings (SSSR count). The van der Waals surface area contributed by atoms with Gasteiger partial charge >= 0.3 is 0 Å². The van der Waals surface area contributed by atoms with E-state index in [-0.39, 0.29) is 11.8 Å². The Morgan fingerprint density at radius 1 is 1.44 bits per heavy atom. The van der Waals surface area contributed by atoms with Crippen LogP contribution in [0.4, 0.5) is 5.69 Å². The normalized spacial score (nSPS) is 23.7. The molecule has 1 aromatic heterocycles. The Balaban J connectivity index is 1.91. The van der Waals surface area contributed by atoms with E-state index in [2.05, 4.69) is 26.2 Å². The molecular weight excluding hydrogens is 294 g/mol. The fourth-order valence-corrected chi connectivity index (χ4v) is 2.72. The third kappa shape index (κ3) is 3.29. The highest BCUT2D eigenvalue weighted by Crippen LogP contribution is 2.29. The predicted molar refractivity (Wildman–Crippen MR) is 75.1 cm³/mol. The van der Waals surface area contributed by atoms with Crippen molar-refractivity contribution in [1.29, 1.82) is 0 Å². The number of anilines is 1. The van der Waals surface area contributed by atoms with Crippen molar-refractivity contribution in [3.63, 3.8) is 0 Å². The Bertz CT molecular complexity index is 416. The lowest BCUT2D eigenvalue weighted by atomic mass is 9.81. The van der Waals surface area contributed by atoms with Crippen LogP contribution in [0.3, 0.4) is 0 Å². The number of nitrogens with one attached hydrogen (secondary N) is 1. The van der Waals surface area contributed by atoms with Gasteiger partial charge in [-0.3, -0.25) is 9.78 Å². The number of halogens is 1. The summed E-state index contributed by atoms with van der Waals surface area (Å²) in [6.45, 7) is 0.740. The van der Waals surface area contributed by atoms with E-state index in [9.17, 15) is 4.79 Å². The Morgan fingerprint density at radius 2 is 2.17 bits per heavy atom. The fraction of sp³-hybridized carbons (Fsp3) is 0.538. The molecule has 0 spiro atoms.